The van der Waals surface area contributed by atoms with Crippen molar-refractivity contribution in [2.24, 2.45) is 0 Å². The molecule has 2 aromatic rings. The first-order valence-corrected chi connectivity index (χ1v) is 7.85. The molecule has 0 spiro atoms. The van der Waals surface area contributed by atoms with Crippen molar-refractivity contribution < 1.29 is 19.4 Å². The number of carbonyl (C=O) groups excluding carboxylic acids is 1. The van der Waals surface area contributed by atoms with Gasteiger partial charge in [0.15, 0.2) is 6.61 Å². The van der Waals surface area contributed by atoms with Crippen molar-refractivity contribution in [1.29, 1.82) is 0 Å². The van der Waals surface area contributed by atoms with E-state index in [-0.39, 0.29) is 18.9 Å². The van der Waals surface area contributed by atoms with Crippen LogP contribution in [0.15, 0.2) is 48.5 Å². The van der Waals surface area contributed by atoms with Crippen LogP contribution in [-0.2, 0) is 22.4 Å². The maximum atomic E-state index is 11.7. The molecule has 126 valence electrons. The number of halogens is 1. The second kappa shape index (κ2) is 8.93. The SMILES string of the molecule is O=C(O)Cc1ccc(OCC(=O)NCCc2ccc(Cl)cc2)cc1. The van der Waals surface area contributed by atoms with Gasteiger partial charge in [-0.3, -0.25) is 9.59 Å². The van der Waals surface area contributed by atoms with Gasteiger partial charge < -0.3 is 15.2 Å². The van der Waals surface area contributed by atoms with Gasteiger partial charge in [-0.2, -0.15) is 0 Å². The molecule has 0 aliphatic heterocycles. The van der Waals surface area contributed by atoms with Crippen molar-refractivity contribution in [3.05, 3.63) is 64.7 Å². The summed E-state index contributed by atoms with van der Waals surface area (Å²) in [5.41, 5.74) is 1.77. The molecular weight excluding hydrogens is 330 g/mol. The van der Waals surface area contributed by atoms with Crippen molar-refractivity contribution in [3.8, 4) is 5.75 Å². The summed E-state index contributed by atoms with van der Waals surface area (Å²) < 4.78 is 5.37. The first-order valence-electron chi connectivity index (χ1n) is 7.47. The summed E-state index contributed by atoms with van der Waals surface area (Å²) in [5, 5.41) is 12.2. The number of carbonyl (C=O) groups is 2. The fraction of sp³-hybridized carbons (Fsp3) is 0.222. The summed E-state index contributed by atoms with van der Waals surface area (Å²) in [7, 11) is 0. The Morgan fingerprint density at radius 1 is 1.00 bits per heavy atom. The maximum absolute atomic E-state index is 11.7. The summed E-state index contributed by atoms with van der Waals surface area (Å²) in [6.45, 7) is 0.431. The van der Waals surface area contributed by atoms with Crippen LogP contribution in [0.5, 0.6) is 5.75 Å². The Kier molecular flexibility index (Phi) is 6.63. The third-order valence-corrected chi connectivity index (χ3v) is 3.55. The molecule has 0 bridgehead atoms. The molecule has 0 aromatic heterocycles. The van der Waals surface area contributed by atoms with Crippen LogP contribution in [0, 0.1) is 0 Å². The largest absolute Gasteiger partial charge is 0.484 e. The molecule has 24 heavy (non-hydrogen) atoms. The topological polar surface area (TPSA) is 75.6 Å². The molecule has 2 aromatic carbocycles. The van der Waals surface area contributed by atoms with Gasteiger partial charge in [-0.1, -0.05) is 35.9 Å². The standard InChI is InChI=1S/C18H18ClNO4/c19-15-5-1-13(2-6-15)9-10-20-17(21)12-24-16-7-3-14(4-8-16)11-18(22)23/h1-8H,9-12H2,(H,20,21)(H,22,23). The Bertz CT molecular complexity index is 683. The lowest BCUT2D eigenvalue weighted by Gasteiger charge is -2.08. The molecule has 5 nitrogen and oxygen atoms in total. The van der Waals surface area contributed by atoms with Gasteiger partial charge in [-0.05, 0) is 41.8 Å². The third-order valence-electron chi connectivity index (χ3n) is 3.30. The Morgan fingerprint density at radius 3 is 2.25 bits per heavy atom. The van der Waals surface area contributed by atoms with Crippen LogP contribution < -0.4 is 10.1 Å². The average Bonchev–Trinajstić information content (AvgIpc) is 2.55. The first-order chi connectivity index (χ1) is 11.5. The van der Waals surface area contributed by atoms with E-state index >= 15 is 0 Å². The van der Waals surface area contributed by atoms with Gasteiger partial charge in [-0.25, -0.2) is 0 Å². The normalized spacial score (nSPS) is 10.2. The molecule has 2 N–H and O–H groups in total. The molecule has 0 saturated carbocycles. The van der Waals surface area contributed by atoms with Crippen LogP contribution in [0.1, 0.15) is 11.1 Å². The lowest BCUT2D eigenvalue weighted by atomic mass is 10.1. The van der Waals surface area contributed by atoms with Crippen molar-refractivity contribution in [3.63, 3.8) is 0 Å². The minimum Gasteiger partial charge on any atom is -0.484 e. The van der Waals surface area contributed by atoms with E-state index in [0.717, 1.165) is 5.56 Å². The molecule has 0 aliphatic rings. The quantitative estimate of drug-likeness (QED) is 0.770. The molecule has 0 aliphatic carbocycles. The second-order valence-electron chi connectivity index (χ2n) is 5.23. The fourth-order valence-corrected chi connectivity index (χ4v) is 2.20. The van der Waals surface area contributed by atoms with E-state index in [0.29, 0.717) is 29.3 Å². The number of benzene rings is 2. The van der Waals surface area contributed by atoms with Crippen LogP contribution in [0.25, 0.3) is 0 Å². The number of hydrogen-bond donors (Lipinski definition) is 2. The number of rotatable bonds is 8. The zero-order valence-electron chi connectivity index (χ0n) is 13.0. The number of hydrogen-bond acceptors (Lipinski definition) is 3. The summed E-state index contributed by atoms with van der Waals surface area (Å²) >= 11 is 5.81. The third kappa shape index (κ3) is 6.30. The molecule has 2 rings (SSSR count). The lowest BCUT2D eigenvalue weighted by Crippen LogP contribution is -2.30. The van der Waals surface area contributed by atoms with Crippen LogP contribution in [0.4, 0.5) is 0 Å². The Morgan fingerprint density at radius 2 is 1.62 bits per heavy atom. The smallest absolute Gasteiger partial charge is 0.307 e. The van der Waals surface area contributed by atoms with Crippen molar-refractivity contribution in [1.82, 2.24) is 5.32 Å². The van der Waals surface area contributed by atoms with E-state index in [2.05, 4.69) is 5.32 Å². The summed E-state index contributed by atoms with van der Waals surface area (Å²) in [4.78, 5) is 22.3. The van der Waals surface area contributed by atoms with E-state index < -0.39 is 5.97 Å². The summed E-state index contributed by atoms with van der Waals surface area (Å²) in [6.07, 6.45) is 0.679. The lowest BCUT2D eigenvalue weighted by molar-refractivity contribution is -0.136. The number of aliphatic carboxylic acids is 1. The average molecular weight is 348 g/mol. The van der Waals surface area contributed by atoms with Gasteiger partial charge in [-0.15, -0.1) is 0 Å². The molecule has 1 amide bonds. The molecule has 0 saturated heterocycles. The fourth-order valence-electron chi connectivity index (χ4n) is 2.08. The number of amides is 1. The monoisotopic (exact) mass is 347 g/mol. The first kappa shape index (κ1) is 17.8. The molecule has 0 heterocycles. The van der Waals surface area contributed by atoms with Crippen molar-refractivity contribution >= 4 is 23.5 Å². The van der Waals surface area contributed by atoms with Crippen LogP contribution in [0.2, 0.25) is 5.02 Å². The highest BCUT2D eigenvalue weighted by molar-refractivity contribution is 6.30. The Labute approximate surface area is 145 Å². The molecule has 0 unspecified atom stereocenters. The number of carboxylic acid groups (broad SMARTS) is 1. The molecule has 6 heteroatoms. The minimum absolute atomic E-state index is 0.0362. The molecule has 0 fully saturated rings. The van der Waals surface area contributed by atoms with E-state index in [1.807, 2.05) is 24.3 Å². The van der Waals surface area contributed by atoms with Crippen LogP contribution in [-0.4, -0.2) is 30.1 Å². The number of nitrogens with one attached hydrogen (secondary N) is 1. The zero-order chi connectivity index (χ0) is 17.4. The van der Waals surface area contributed by atoms with Crippen LogP contribution >= 0.6 is 11.6 Å². The number of carboxylic acids is 1. The van der Waals surface area contributed by atoms with Gasteiger partial charge in [0.05, 0.1) is 6.42 Å². The maximum Gasteiger partial charge on any atom is 0.307 e. The van der Waals surface area contributed by atoms with Gasteiger partial charge in [0.25, 0.3) is 5.91 Å². The second-order valence-corrected chi connectivity index (χ2v) is 5.67. The van der Waals surface area contributed by atoms with E-state index in [1.54, 1.807) is 24.3 Å². The number of ether oxygens (including phenoxy) is 1. The Balaban J connectivity index is 1.69. The Hall–Kier alpha value is -2.53. The van der Waals surface area contributed by atoms with Gasteiger partial charge in [0, 0.05) is 11.6 Å². The van der Waals surface area contributed by atoms with E-state index in [9.17, 15) is 9.59 Å². The molecular formula is C18H18ClNO4. The van der Waals surface area contributed by atoms with E-state index in [4.69, 9.17) is 21.4 Å². The van der Waals surface area contributed by atoms with Crippen LogP contribution in [0.3, 0.4) is 0 Å². The summed E-state index contributed by atoms with van der Waals surface area (Å²) in [5.74, 6) is -0.570. The van der Waals surface area contributed by atoms with Crippen molar-refractivity contribution in [2.75, 3.05) is 13.2 Å². The van der Waals surface area contributed by atoms with Gasteiger partial charge in [0.1, 0.15) is 5.75 Å². The predicted molar refractivity (Wildman–Crippen MR) is 91.4 cm³/mol. The summed E-state index contributed by atoms with van der Waals surface area (Å²) in [6, 6.07) is 14.1. The predicted octanol–water partition coefficient (Wildman–Crippen LogP) is 2.70. The van der Waals surface area contributed by atoms with Gasteiger partial charge >= 0.3 is 5.97 Å². The zero-order valence-corrected chi connectivity index (χ0v) is 13.8. The minimum atomic E-state index is -0.885. The van der Waals surface area contributed by atoms with Crippen molar-refractivity contribution in [2.45, 2.75) is 12.8 Å². The molecule has 0 radical (unpaired) electrons. The highest BCUT2D eigenvalue weighted by Gasteiger charge is 2.04. The van der Waals surface area contributed by atoms with E-state index in [1.165, 1.54) is 0 Å². The highest BCUT2D eigenvalue weighted by atomic mass is 35.5. The highest BCUT2D eigenvalue weighted by Crippen LogP contribution is 2.12. The van der Waals surface area contributed by atoms with Gasteiger partial charge in [0.2, 0.25) is 0 Å². The molecule has 0 atom stereocenters.